The zero-order valence-electron chi connectivity index (χ0n) is 11.0. The Morgan fingerprint density at radius 2 is 1.88 bits per heavy atom. The second-order valence-corrected chi connectivity index (χ2v) is 6.37. The first-order valence-corrected chi connectivity index (χ1v) is 6.95. The van der Waals surface area contributed by atoms with Crippen molar-refractivity contribution in [2.45, 2.75) is 64.5 Å². The highest BCUT2D eigenvalue weighted by molar-refractivity contribution is 5.00. The molecule has 0 spiro atoms. The number of hydrogen-bond acceptors (Lipinski definition) is 2. The van der Waals surface area contributed by atoms with Gasteiger partial charge in [0.2, 0.25) is 0 Å². The Morgan fingerprint density at radius 3 is 2.44 bits per heavy atom. The van der Waals surface area contributed by atoms with Gasteiger partial charge in [-0.2, -0.15) is 0 Å². The number of hydrogen-bond donors (Lipinski definition) is 2. The summed E-state index contributed by atoms with van der Waals surface area (Å²) >= 11 is 0. The van der Waals surface area contributed by atoms with Crippen LogP contribution in [0.15, 0.2) is 0 Å². The Morgan fingerprint density at radius 1 is 1.19 bits per heavy atom. The molecule has 2 aliphatic rings. The monoisotopic (exact) mass is 225 g/mol. The van der Waals surface area contributed by atoms with Gasteiger partial charge in [0.15, 0.2) is 0 Å². The molecule has 2 saturated carbocycles. The summed E-state index contributed by atoms with van der Waals surface area (Å²) < 4.78 is 0. The van der Waals surface area contributed by atoms with E-state index < -0.39 is 0 Å². The summed E-state index contributed by atoms with van der Waals surface area (Å²) in [5.41, 5.74) is -0.0179. The van der Waals surface area contributed by atoms with Gasteiger partial charge in [-0.1, -0.05) is 26.7 Å². The molecule has 2 nitrogen and oxygen atoms in total. The van der Waals surface area contributed by atoms with E-state index in [1.54, 1.807) is 0 Å². The lowest BCUT2D eigenvalue weighted by Gasteiger charge is -2.41. The van der Waals surface area contributed by atoms with Gasteiger partial charge < -0.3 is 10.4 Å². The topological polar surface area (TPSA) is 32.3 Å². The molecule has 2 N–H and O–H groups in total. The molecule has 2 fully saturated rings. The third kappa shape index (κ3) is 2.43. The lowest BCUT2D eigenvalue weighted by atomic mass is 9.77. The molecule has 0 aromatic rings. The van der Waals surface area contributed by atoms with Gasteiger partial charge in [-0.05, 0) is 43.9 Å². The lowest BCUT2D eigenvalue weighted by molar-refractivity contribution is 0.103. The molecule has 2 aliphatic carbocycles. The first kappa shape index (κ1) is 12.4. The Bertz CT molecular complexity index is 239. The molecule has 94 valence electrons. The molecule has 0 amide bonds. The van der Waals surface area contributed by atoms with E-state index in [0.29, 0.717) is 12.0 Å². The van der Waals surface area contributed by atoms with Crippen LogP contribution in [0, 0.1) is 17.8 Å². The van der Waals surface area contributed by atoms with Crippen molar-refractivity contribution in [2.75, 3.05) is 6.61 Å². The minimum Gasteiger partial charge on any atom is -0.394 e. The van der Waals surface area contributed by atoms with Crippen molar-refractivity contribution in [1.29, 1.82) is 0 Å². The molecule has 0 aromatic carbocycles. The van der Waals surface area contributed by atoms with E-state index >= 15 is 0 Å². The summed E-state index contributed by atoms with van der Waals surface area (Å²) in [4.78, 5) is 0. The fourth-order valence-electron chi connectivity index (χ4n) is 3.22. The molecule has 2 rings (SSSR count). The van der Waals surface area contributed by atoms with Crippen LogP contribution in [0.1, 0.15) is 52.9 Å². The average molecular weight is 225 g/mol. The molecule has 0 bridgehead atoms. The number of rotatable bonds is 4. The highest BCUT2D eigenvalue weighted by Crippen LogP contribution is 2.41. The van der Waals surface area contributed by atoms with Crippen molar-refractivity contribution in [3.8, 4) is 0 Å². The molecule has 0 aromatic heterocycles. The van der Waals surface area contributed by atoms with Crippen LogP contribution in [0.5, 0.6) is 0 Å². The summed E-state index contributed by atoms with van der Waals surface area (Å²) in [5, 5.41) is 13.4. The van der Waals surface area contributed by atoms with Crippen molar-refractivity contribution >= 4 is 0 Å². The van der Waals surface area contributed by atoms with Crippen LogP contribution < -0.4 is 5.32 Å². The minimum absolute atomic E-state index is 0.0179. The SMILES string of the molecule is CC1CCCC(NC(C)(CO)C2CC2)C1C. The predicted molar refractivity (Wildman–Crippen MR) is 67.3 cm³/mol. The van der Waals surface area contributed by atoms with Gasteiger partial charge in [0.05, 0.1) is 6.61 Å². The maximum Gasteiger partial charge on any atom is 0.0613 e. The second-order valence-electron chi connectivity index (χ2n) is 6.37. The Hall–Kier alpha value is -0.0800. The molecule has 4 unspecified atom stereocenters. The van der Waals surface area contributed by atoms with Gasteiger partial charge in [-0.15, -0.1) is 0 Å². The minimum atomic E-state index is -0.0179. The summed E-state index contributed by atoms with van der Waals surface area (Å²) in [6, 6.07) is 0.612. The molecule has 0 saturated heterocycles. The van der Waals surface area contributed by atoms with E-state index in [0.717, 1.165) is 11.8 Å². The van der Waals surface area contributed by atoms with Crippen molar-refractivity contribution < 1.29 is 5.11 Å². The van der Waals surface area contributed by atoms with Gasteiger partial charge in [-0.25, -0.2) is 0 Å². The van der Waals surface area contributed by atoms with Crippen molar-refractivity contribution in [3.63, 3.8) is 0 Å². The third-order valence-corrected chi connectivity index (χ3v) is 5.03. The van der Waals surface area contributed by atoms with Crippen LogP contribution >= 0.6 is 0 Å². The quantitative estimate of drug-likeness (QED) is 0.770. The van der Waals surface area contributed by atoms with E-state index in [4.69, 9.17) is 0 Å². The fourth-order valence-corrected chi connectivity index (χ4v) is 3.22. The zero-order chi connectivity index (χ0) is 11.8. The summed E-state index contributed by atoms with van der Waals surface area (Å²) in [6.07, 6.45) is 6.59. The highest BCUT2D eigenvalue weighted by atomic mass is 16.3. The first-order valence-electron chi connectivity index (χ1n) is 6.95. The van der Waals surface area contributed by atoms with E-state index in [2.05, 4.69) is 26.1 Å². The molecular formula is C14H27NO. The van der Waals surface area contributed by atoms with Gasteiger partial charge in [0.25, 0.3) is 0 Å². The van der Waals surface area contributed by atoms with Gasteiger partial charge in [0, 0.05) is 11.6 Å². The number of aliphatic hydroxyl groups is 1. The van der Waals surface area contributed by atoms with Crippen LogP contribution in [-0.4, -0.2) is 23.3 Å². The zero-order valence-corrected chi connectivity index (χ0v) is 11.0. The van der Waals surface area contributed by atoms with E-state index in [1.807, 2.05) is 0 Å². The molecule has 0 aliphatic heterocycles. The van der Waals surface area contributed by atoms with Crippen molar-refractivity contribution in [1.82, 2.24) is 5.32 Å². The van der Waals surface area contributed by atoms with Crippen LogP contribution in [0.3, 0.4) is 0 Å². The summed E-state index contributed by atoms with van der Waals surface area (Å²) in [7, 11) is 0. The Balaban J connectivity index is 1.96. The predicted octanol–water partition coefficient (Wildman–Crippen LogP) is 2.56. The van der Waals surface area contributed by atoms with Gasteiger partial charge in [-0.3, -0.25) is 0 Å². The largest absolute Gasteiger partial charge is 0.394 e. The lowest BCUT2D eigenvalue weighted by Crippen LogP contribution is -2.56. The first-order chi connectivity index (χ1) is 7.57. The number of aliphatic hydroxyl groups excluding tert-OH is 1. The molecule has 0 heterocycles. The second kappa shape index (κ2) is 4.66. The Labute approximate surface area is 99.8 Å². The van der Waals surface area contributed by atoms with Crippen LogP contribution in [-0.2, 0) is 0 Å². The van der Waals surface area contributed by atoms with E-state index in [1.165, 1.54) is 32.1 Å². The van der Waals surface area contributed by atoms with Gasteiger partial charge in [0.1, 0.15) is 0 Å². The number of nitrogens with one attached hydrogen (secondary N) is 1. The Kier molecular flexibility index (Phi) is 3.60. The van der Waals surface area contributed by atoms with E-state index in [9.17, 15) is 5.11 Å². The standard InChI is InChI=1S/C14H27NO/c1-10-5-4-6-13(11(10)2)15-14(3,9-16)12-7-8-12/h10-13,15-16H,4-9H2,1-3H3. The molecule has 2 heteroatoms. The van der Waals surface area contributed by atoms with Crippen LogP contribution in [0.4, 0.5) is 0 Å². The third-order valence-electron chi connectivity index (χ3n) is 5.03. The van der Waals surface area contributed by atoms with Crippen molar-refractivity contribution in [2.24, 2.45) is 17.8 Å². The molecule has 0 radical (unpaired) electrons. The molecular weight excluding hydrogens is 198 g/mol. The fraction of sp³-hybridized carbons (Fsp3) is 1.00. The van der Waals surface area contributed by atoms with E-state index in [-0.39, 0.29) is 12.1 Å². The smallest absolute Gasteiger partial charge is 0.0613 e. The molecule has 16 heavy (non-hydrogen) atoms. The van der Waals surface area contributed by atoms with Crippen LogP contribution in [0.2, 0.25) is 0 Å². The average Bonchev–Trinajstić information content (AvgIpc) is 3.08. The maximum absolute atomic E-state index is 9.62. The van der Waals surface area contributed by atoms with Crippen LogP contribution in [0.25, 0.3) is 0 Å². The summed E-state index contributed by atoms with van der Waals surface area (Å²) in [6.45, 7) is 7.23. The maximum atomic E-state index is 9.62. The summed E-state index contributed by atoms with van der Waals surface area (Å²) in [5.74, 6) is 2.29. The van der Waals surface area contributed by atoms with Gasteiger partial charge >= 0.3 is 0 Å². The molecule has 4 atom stereocenters. The normalized spacial score (nSPS) is 39.4. The highest BCUT2D eigenvalue weighted by Gasteiger charge is 2.43. The van der Waals surface area contributed by atoms with Crippen molar-refractivity contribution in [3.05, 3.63) is 0 Å².